The SMILES string of the molecule is CC1Oc2ccc([N+](=O)[O-])nc2N(CCOc2cccc(N)c2)C1=O. The minimum absolute atomic E-state index is 0.119. The highest BCUT2D eigenvalue weighted by Crippen LogP contribution is 2.33. The van der Waals surface area contributed by atoms with E-state index in [1.54, 1.807) is 31.2 Å². The van der Waals surface area contributed by atoms with Crippen molar-refractivity contribution in [1.82, 2.24) is 4.98 Å². The molecule has 0 bridgehead atoms. The van der Waals surface area contributed by atoms with Gasteiger partial charge < -0.3 is 25.3 Å². The van der Waals surface area contributed by atoms with Gasteiger partial charge in [-0.1, -0.05) is 6.07 Å². The Hall–Kier alpha value is -3.36. The lowest BCUT2D eigenvalue weighted by Gasteiger charge is -2.29. The molecule has 1 aromatic carbocycles. The molecule has 1 aromatic heterocycles. The molecule has 0 aliphatic carbocycles. The third-order valence-electron chi connectivity index (χ3n) is 3.63. The van der Waals surface area contributed by atoms with Gasteiger partial charge in [-0.3, -0.25) is 9.69 Å². The van der Waals surface area contributed by atoms with Gasteiger partial charge in [0.25, 0.3) is 11.7 Å². The summed E-state index contributed by atoms with van der Waals surface area (Å²) in [6.45, 7) is 1.95. The number of carbonyl (C=O) groups is 1. The highest BCUT2D eigenvalue weighted by atomic mass is 16.6. The Morgan fingerprint density at radius 2 is 2.20 bits per heavy atom. The summed E-state index contributed by atoms with van der Waals surface area (Å²) >= 11 is 0. The number of hydrogen-bond acceptors (Lipinski definition) is 7. The van der Waals surface area contributed by atoms with Crippen LogP contribution in [0.5, 0.6) is 11.5 Å². The van der Waals surface area contributed by atoms with Gasteiger partial charge in [0.1, 0.15) is 12.4 Å². The second-order valence-electron chi connectivity index (χ2n) is 5.42. The lowest BCUT2D eigenvalue weighted by molar-refractivity contribution is -0.389. The van der Waals surface area contributed by atoms with Crippen molar-refractivity contribution in [3.05, 3.63) is 46.5 Å². The van der Waals surface area contributed by atoms with E-state index >= 15 is 0 Å². The lowest BCUT2D eigenvalue weighted by Crippen LogP contribution is -2.46. The number of aromatic nitrogens is 1. The molecule has 25 heavy (non-hydrogen) atoms. The zero-order chi connectivity index (χ0) is 18.0. The molecule has 1 aliphatic heterocycles. The topological polar surface area (TPSA) is 121 Å². The van der Waals surface area contributed by atoms with Crippen molar-refractivity contribution in [2.24, 2.45) is 0 Å². The van der Waals surface area contributed by atoms with Crippen LogP contribution in [0, 0.1) is 10.1 Å². The van der Waals surface area contributed by atoms with E-state index in [-0.39, 0.29) is 30.7 Å². The van der Waals surface area contributed by atoms with E-state index in [1.165, 1.54) is 17.0 Å². The van der Waals surface area contributed by atoms with Crippen molar-refractivity contribution in [2.75, 3.05) is 23.8 Å². The van der Waals surface area contributed by atoms with Crippen molar-refractivity contribution < 1.29 is 19.2 Å². The molecule has 0 saturated heterocycles. The minimum Gasteiger partial charge on any atom is -0.492 e. The number of ether oxygens (including phenoxy) is 2. The van der Waals surface area contributed by atoms with Gasteiger partial charge in [-0.25, -0.2) is 0 Å². The molecule has 0 saturated carbocycles. The first kappa shape index (κ1) is 16.5. The normalized spacial score (nSPS) is 16.1. The van der Waals surface area contributed by atoms with E-state index in [0.717, 1.165) is 0 Å². The number of nitrogens with zero attached hydrogens (tertiary/aromatic N) is 3. The second kappa shape index (κ2) is 6.63. The number of anilines is 2. The van der Waals surface area contributed by atoms with Gasteiger partial charge in [0.05, 0.1) is 6.54 Å². The number of rotatable bonds is 5. The van der Waals surface area contributed by atoms with Gasteiger partial charge >= 0.3 is 5.82 Å². The fourth-order valence-corrected chi connectivity index (χ4v) is 2.45. The molecule has 2 N–H and O–H groups in total. The lowest BCUT2D eigenvalue weighted by atomic mass is 10.2. The highest BCUT2D eigenvalue weighted by Gasteiger charge is 2.36. The number of amides is 1. The predicted octanol–water partition coefficient (Wildman–Crippen LogP) is 1.76. The van der Waals surface area contributed by atoms with Crippen LogP contribution in [0.3, 0.4) is 0 Å². The van der Waals surface area contributed by atoms with Crippen LogP contribution in [0.1, 0.15) is 6.92 Å². The van der Waals surface area contributed by atoms with Crippen LogP contribution in [0.15, 0.2) is 36.4 Å². The van der Waals surface area contributed by atoms with Crippen molar-refractivity contribution in [1.29, 1.82) is 0 Å². The predicted molar refractivity (Wildman–Crippen MR) is 89.7 cm³/mol. The molecule has 0 spiro atoms. The average molecular weight is 344 g/mol. The maximum absolute atomic E-state index is 12.4. The van der Waals surface area contributed by atoms with Gasteiger partial charge in [-0.2, -0.15) is 0 Å². The summed E-state index contributed by atoms with van der Waals surface area (Å²) in [5.41, 5.74) is 6.25. The summed E-state index contributed by atoms with van der Waals surface area (Å²) in [4.78, 5) is 28.0. The highest BCUT2D eigenvalue weighted by molar-refractivity contribution is 5.98. The average Bonchev–Trinajstić information content (AvgIpc) is 2.58. The zero-order valence-corrected chi connectivity index (χ0v) is 13.4. The van der Waals surface area contributed by atoms with E-state index in [0.29, 0.717) is 17.2 Å². The summed E-state index contributed by atoms with van der Waals surface area (Å²) in [5, 5.41) is 10.9. The van der Waals surface area contributed by atoms with Crippen LogP contribution >= 0.6 is 0 Å². The summed E-state index contributed by atoms with van der Waals surface area (Å²) in [6, 6.07) is 9.59. The van der Waals surface area contributed by atoms with E-state index in [4.69, 9.17) is 15.2 Å². The molecule has 1 unspecified atom stereocenters. The standard InChI is InChI=1S/C16H16N4O5/c1-10-16(21)19(7-8-24-12-4-2-3-11(17)9-12)15-13(25-10)5-6-14(18-15)20(22)23/h2-6,9-10H,7-8,17H2,1H3. The van der Waals surface area contributed by atoms with E-state index < -0.39 is 11.0 Å². The van der Waals surface area contributed by atoms with Crippen molar-refractivity contribution in [2.45, 2.75) is 13.0 Å². The Kier molecular flexibility index (Phi) is 4.38. The molecule has 0 fully saturated rings. The first-order valence-corrected chi connectivity index (χ1v) is 7.57. The smallest absolute Gasteiger partial charge is 0.366 e. The van der Waals surface area contributed by atoms with Gasteiger partial charge in [0.2, 0.25) is 0 Å². The van der Waals surface area contributed by atoms with E-state index in [1.807, 2.05) is 0 Å². The molecule has 1 aliphatic rings. The summed E-state index contributed by atoms with van der Waals surface area (Å²) in [5.74, 6) is 0.319. The first-order valence-electron chi connectivity index (χ1n) is 7.57. The Balaban J connectivity index is 1.79. The van der Waals surface area contributed by atoms with Gasteiger partial charge in [0, 0.05) is 17.8 Å². The second-order valence-corrected chi connectivity index (χ2v) is 5.42. The number of hydrogen-bond donors (Lipinski definition) is 1. The number of pyridine rings is 1. The maximum Gasteiger partial charge on any atom is 0.366 e. The Labute approximate surface area is 143 Å². The molecule has 130 valence electrons. The Morgan fingerprint density at radius 1 is 1.40 bits per heavy atom. The van der Waals surface area contributed by atoms with Crippen molar-refractivity contribution >= 4 is 23.2 Å². The van der Waals surface area contributed by atoms with Gasteiger partial charge in [-0.05, 0) is 35.0 Å². The minimum atomic E-state index is -0.705. The zero-order valence-electron chi connectivity index (χ0n) is 13.4. The number of benzene rings is 1. The van der Waals surface area contributed by atoms with Crippen LogP contribution in [0.2, 0.25) is 0 Å². The number of nitrogens with two attached hydrogens (primary N) is 1. The van der Waals surface area contributed by atoms with Crippen LogP contribution in [0.4, 0.5) is 17.3 Å². The van der Waals surface area contributed by atoms with Crippen LogP contribution < -0.4 is 20.1 Å². The molecule has 2 aromatic rings. The largest absolute Gasteiger partial charge is 0.492 e. The molecule has 2 heterocycles. The summed E-state index contributed by atoms with van der Waals surface area (Å²) in [7, 11) is 0. The van der Waals surface area contributed by atoms with Crippen LogP contribution in [-0.2, 0) is 4.79 Å². The van der Waals surface area contributed by atoms with Gasteiger partial charge in [-0.15, -0.1) is 0 Å². The molecular weight excluding hydrogens is 328 g/mol. The molecule has 9 heteroatoms. The quantitative estimate of drug-likeness (QED) is 0.498. The third-order valence-corrected chi connectivity index (χ3v) is 3.63. The molecule has 9 nitrogen and oxygen atoms in total. The first-order chi connectivity index (χ1) is 12.0. The van der Waals surface area contributed by atoms with E-state index in [2.05, 4.69) is 4.98 Å². The summed E-state index contributed by atoms with van der Waals surface area (Å²) in [6.07, 6.45) is -0.705. The van der Waals surface area contributed by atoms with Gasteiger partial charge in [0.15, 0.2) is 11.9 Å². The number of fused-ring (bicyclic) bond motifs is 1. The number of nitrogen functional groups attached to an aromatic ring is 1. The summed E-state index contributed by atoms with van der Waals surface area (Å²) < 4.78 is 11.0. The maximum atomic E-state index is 12.4. The third kappa shape index (κ3) is 3.44. The fourth-order valence-electron chi connectivity index (χ4n) is 2.45. The number of carbonyl (C=O) groups excluding carboxylic acids is 1. The number of nitro groups is 1. The molecule has 3 rings (SSSR count). The molecular formula is C16H16N4O5. The fraction of sp³-hybridized carbons (Fsp3) is 0.250. The van der Waals surface area contributed by atoms with Crippen LogP contribution in [-0.4, -0.2) is 35.1 Å². The molecule has 1 atom stereocenters. The van der Waals surface area contributed by atoms with Crippen molar-refractivity contribution in [3.63, 3.8) is 0 Å². The molecule has 0 radical (unpaired) electrons. The Bertz CT molecular complexity index is 826. The van der Waals surface area contributed by atoms with E-state index in [9.17, 15) is 14.9 Å². The van der Waals surface area contributed by atoms with Crippen LogP contribution in [0.25, 0.3) is 0 Å². The monoisotopic (exact) mass is 344 g/mol. The van der Waals surface area contributed by atoms with Crippen molar-refractivity contribution in [3.8, 4) is 11.5 Å². The Morgan fingerprint density at radius 3 is 2.92 bits per heavy atom. The molecule has 1 amide bonds.